The molecule has 0 unspecified atom stereocenters. The topological polar surface area (TPSA) is 51.2 Å². The van der Waals surface area contributed by atoms with Gasteiger partial charge in [-0.15, -0.1) is 0 Å². The molecular weight excluding hydrogens is 348 g/mol. The molecular formula is C24H22N2O2. The predicted molar refractivity (Wildman–Crippen MR) is 109 cm³/mol. The van der Waals surface area contributed by atoms with Crippen molar-refractivity contribution >= 4 is 11.6 Å². The van der Waals surface area contributed by atoms with Crippen LogP contribution in [0.25, 0.3) is 11.1 Å². The van der Waals surface area contributed by atoms with Gasteiger partial charge in [0.15, 0.2) is 0 Å². The van der Waals surface area contributed by atoms with Crippen LogP contribution < -0.4 is 5.32 Å². The van der Waals surface area contributed by atoms with Gasteiger partial charge in [-0.1, -0.05) is 42.5 Å². The van der Waals surface area contributed by atoms with Crippen molar-refractivity contribution in [2.75, 3.05) is 5.32 Å². The largest absolute Gasteiger partial charge is 0.373 e. The zero-order valence-electron chi connectivity index (χ0n) is 15.5. The van der Waals surface area contributed by atoms with Crippen LogP contribution >= 0.6 is 0 Å². The number of hydrogen-bond acceptors (Lipinski definition) is 3. The highest BCUT2D eigenvalue weighted by molar-refractivity contribution is 5.94. The molecule has 0 aliphatic carbocycles. The number of nitrogens with zero attached hydrogens (tertiary/aromatic N) is 1. The van der Waals surface area contributed by atoms with Crippen molar-refractivity contribution in [3.05, 3.63) is 84.7 Å². The van der Waals surface area contributed by atoms with Crippen molar-refractivity contribution in [3.8, 4) is 11.1 Å². The zero-order valence-corrected chi connectivity index (χ0v) is 15.5. The van der Waals surface area contributed by atoms with Crippen molar-refractivity contribution < 1.29 is 9.53 Å². The number of ether oxygens (including phenoxy) is 1. The molecule has 2 aliphatic heterocycles. The molecule has 0 radical (unpaired) electrons. The lowest BCUT2D eigenvalue weighted by Crippen LogP contribution is -2.36. The second-order valence-corrected chi connectivity index (χ2v) is 7.56. The lowest BCUT2D eigenvalue weighted by molar-refractivity contribution is -0.121. The lowest BCUT2D eigenvalue weighted by Gasteiger charge is -2.27. The fourth-order valence-corrected chi connectivity index (χ4v) is 4.62. The van der Waals surface area contributed by atoms with E-state index < -0.39 is 0 Å². The molecule has 3 heterocycles. The first-order valence-corrected chi connectivity index (χ1v) is 9.81. The van der Waals surface area contributed by atoms with Crippen LogP contribution in [0.4, 0.5) is 5.69 Å². The maximum Gasteiger partial charge on any atom is 0.230 e. The normalized spacial score (nSPS) is 25.6. The molecule has 1 aromatic heterocycles. The number of carbonyl (C=O) groups excluding carboxylic acids is 1. The summed E-state index contributed by atoms with van der Waals surface area (Å²) in [5.41, 5.74) is 4.26. The first-order valence-electron chi connectivity index (χ1n) is 9.81. The minimum absolute atomic E-state index is 0.00626. The van der Waals surface area contributed by atoms with Crippen LogP contribution in [0.3, 0.4) is 0 Å². The summed E-state index contributed by atoms with van der Waals surface area (Å²) in [4.78, 5) is 17.2. The Balaban J connectivity index is 1.35. The van der Waals surface area contributed by atoms with Gasteiger partial charge in [0.25, 0.3) is 0 Å². The summed E-state index contributed by atoms with van der Waals surface area (Å²) >= 11 is 0. The zero-order chi connectivity index (χ0) is 18.9. The van der Waals surface area contributed by atoms with Crippen LogP contribution in [0, 0.1) is 5.92 Å². The van der Waals surface area contributed by atoms with E-state index in [1.807, 2.05) is 54.6 Å². The van der Waals surface area contributed by atoms with Crippen molar-refractivity contribution in [2.24, 2.45) is 5.92 Å². The number of anilines is 1. The summed E-state index contributed by atoms with van der Waals surface area (Å²) in [7, 11) is 0. The van der Waals surface area contributed by atoms with Crippen LogP contribution in [0.5, 0.6) is 0 Å². The molecule has 2 fully saturated rings. The first-order chi connectivity index (χ1) is 13.8. The molecule has 0 spiro atoms. The molecule has 2 saturated heterocycles. The molecule has 2 aromatic carbocycles. The van der Waals surface area contributed by atoms with Gasteiger partial charge >= 0.3 is 0 Å². The van der Waals surface area contributed by atoms with Gasteiger partial charge in [-0.25, -0.2) is 0 Å². The number of pyridine rings is 1. The Morgan fingerprint density at radius 3 is 2.29 bits per heavy atom. The number of nitrogens with one attached hydrogen (secondary N) is 1. The highest BCUT2D eigenvalue weighted by Crippen LogP contribution is 2.49. The van der Waals surface area contributed by atoms with Crippen molar-refractivity contribution in [3.63, 3.8) is 0 Å². The van der Waals surface area contributed by atoms with Gasteiger partial charge in [0.2, 0.25) is 5.91 Å². The van der Waals surface area contributed by atoms with Gasteiger partial charge in [0, 0.05) is 24.0 Å². The summed E-state index contributed by atoms with van der Waals surface area (Å²) < 4.78 is 6.11. The molecule has 2 bridgehead atoms. The Hall–Kier alpha value is -2.98. The monoisotopic (exact) mass is 370 g/mol. The van der Waals surface area contributed by atoms with E-state index in [2.05, 4.69) is 22.4 Å². The molecule has 4 atom stereocenters. The van der Waals surface area contributed by atoms with Crippen LogP contribution in [0.2, 0.25) is 0 Å². The summed E-state index contributed by atoms with van der Waals surface area (Å²) in [5, 5.41) is 3.11. The van der Waals surface area contributed by atoms with E-state index in [9.17, 15) is 4.79 Å². The maximum atomic E-state index is 13.1. The molecule has 2 aliphatic rings. The van der Waals surface area contributed by atoms with Crippen LogP contribution in [-0.2, 0) is 9.53 Å². The van der Waals surface area contributed by atoms with Gasteiger partial charge in [-0.05, 0) is 53.8 Å². The van der Waals surface area contributed by atoms with E-state index in [1.165, 1.54) is 5.56 Å². The molecule has 1 amide bonds. The van der Waals surface area contributed by atoms with Gasteiger partial charge in [-0.3, -0.25) is 9.78 Å². The molecule has 3 aromatic rings. The SMILES string of the molecule is O=C(Nc1ccc(-c2ccccc2)cc1)[C@@H]1[C@@H](c2ccncc2)[C@@H]2CC[C@H]1O2. The van der Waals surface area contributed by atoms with Crippen molar-refractivity contribution in [2.45, 2.75) is 31.0 Å². The predicted octanol–water partition coefficient (Wildman–Crippen LogP) is 4.65. The number of benzene rings is 2. The quantitative estimate of drug-likeness (QED) is 0.727. The first kappa shape index (κ1) is 17.1. The van der Waals surface area contributed by atoms with Crippen molar-refractivity contribution in [1.82, 2.24) is 4.98 Å². The summed E-state index contributed by atoms with van der Waals surface area (Å²) in [6.07, 6.45) is 5.69. The number of carbonyl (C=O) groups is 1. The lowest BCUT2D eigenvalue weighted by atomic mass is 9.75. The summed E-state index contributed by atoms with van der Waals surface area (Å²) in [6.45, 7) is 0. The second kappa shape index (κ2) is 7.21. The molecule has 140 valence electrons. The fraction of sp³-hybridized carbons (Fsp3) is 0.250. The van der Waals surface area contributed by atoms with Gasteiger partial charge in [-0.2, -0.15) is 0 Å². The average Bonchev–Trinajstić information content (AvgIpc) is 3.37. The number of fused-ring (bicyclic) bond motifs is 2. The molecule has 5 rings (SSSR count). The van der Waals surface area contributed by atoms with E-state index in [1.54, 1.807) is 12.4 Å². The summed E-state index contributed by atoms with van der Waals surface area (Å²) in [6, 6.07) is 22.3. The third-order valence-electron chi connectivity index (χ3n) is 5.93. The Kier molecular flexibility index (Phi) is 4.41. The van der Waals surface area contributed by atoms with Gasteiger partial charge in [0.1, 0.15) is 0 Å². The smallest absolute Gasteiger partial charge is 0.230 e. The van der Waals surface area contributed by atoms with E-state index in [4.69, 9.17) is 4.74 Å². The molecule has 1 N–H and O–H groups in total. The van der Waals surface area contributed by atoms with Crippen LogP contribution in [-0.4, -0.2) is 23.1 Å². The highest BCUT2D eigenvalue weighted by atomic mass is 16.5. The maximum absolute atomic E-state index is 13.1. The van der Waals surface area contributed by atoms with Crippen molar-refractivity contribution in [1.29, 1.82) is 0 Å². The van der Waals surface area contributed by atoms with E-state index in [0.717, 1.165) is 29.7 Å². The molecule has 4 heteroatoms. The number of rotatable bonds is 4. The van der Waals surface area contributed by atoms with Crippen LogP contribution in [0.15, 0.2) is 79.1 Å². The van der Waals surface area contributed by atoms with Gasteiger partial charge in [0.05, 0.1) is 18.1 Å². The Labute approximate surface area is 164 Å². The average molecular weight is 370 g/mol. The molecule has 28 heavy (non-hydrogen) atoms. The summed E-state index contributed by atoms with van der Waals surface area (Å²) in [5.74, 6) is -0.0123. The number of hydrogen-bond donors (Lipinski definition) is 1. The Bertz CT molecular complexity index is 957. The standard InChI is InChI=1S/C24H22N2O2/c27-24(26-19-8-6-17(7-9-19)16-4-2-1-3-5-16)23-21-11-10-20(28-21)22(23)18-12-14-25-15-13-18/h1-9,12-15,20-23H,10-11H2,(H,26,27)/t20-,21+,22-,23-/m0/s1. The second-order valence-electron chi connectivity index (χ2n) is 7.56. The number of amides is 1. The van der Waals surface area contributed by atoms with E-state index in [0.29, 0.717) is 0 Å². The Morgan fingerprint density at radius 1 is 0.857 bits per heavy atom. The third kappa shape index (κ3) is 3.10. The third-order valence-corrected chi connectivity index (χ3v) is 5.93. The highest BCUT2D eigenvalue weighted by Gasteiger charge is 2.52. The minimum atomic E-state index is -0.157. The Morgan fingerprint density at radius 2 is 1.54 bits per heavy atom. The van der Waals surface area contributed by atoms with E-state index in [-0.39, 0.29) is 30.0 Å². The fourth-order valence-electron chi connectivity index (χ4n) is 4.62. The van der Waals surface area contributed by atoms with Gasteiger partial charge < -0.3 is 10.1 Å². The van der Waals surface area contributed by atoms with E-state index >= 15 is 0 Å². The minimum Gasteiger partial charge on any atom is -0.373 e. The molecule has 4 nitrogen and oxygen atoms in total. The molecule has 0 saturated carbocycles. The van der Waals surface area contributed by atoms with Crippen LogP contribution in [0.1, 0.15) is 24.3 Å². The number of aromatic nitrogens is 1.